The average Bonchev–Trinajstić information content (AvgIpc) is 2.39. The van der Waals surface area contributed by atoms with Gasteiger partial charge in [-0.1, -0.05) is 36.4 Å². The Kier molecular flexibility index (Phi) is 2.56. The average molecular weight is 255 g/mol. The molecular weight excluding hydrogens is 245 g/mol. The zero-order chi connectivity index (χ0) is 13.4. The SMILES string of the molecule is O=c1[nH]c2cccc(F)c2c(O)c1-c1ccccc1. The largest absolute Gasteiger partial charge is 0.506 e. The van der Waals surface area contributed by atoms with E-state index in [0.29, 0.717) is 5.56 Å². The van der Waals surface area contributed by atoms with E-state index < -0.39 is 11.4 Å². The smallest absolute Gasteiger partial charge is 0.260 e. The van der Waals surface area contributed by atoms with E-state index in [9.17, 15) is 14.3 Å². The molecular formula is C15H10FNO2. The molecule has 0 aliphatic heterocycles. The van der Waals surface area contributed by atoms with Crippen LogP contribution in [0, 0.1) is 5.82 Å². The maximum Gasteiger partial charge on any atom is 0.260 e. The lowest BCUT2D eigenvalue weighted by Crippen LogP contribution is -2.09. The summed E-state index contributed by atoms with van der Waals surface area (Å²) in [7, 11) is 0. The van der Waals surface area contributed by atoms with Crippen LogP contribution < -0.4 is 5.56 Å². The van der Waals surface area contributed by atoms with Gasteiger partial charge >= 0.3 is 0 Å². The fourth-order valence-electron chi connectivity index (χ4n) is 2.16. The summed E-state index contributed by atoms with van der Waals surface area (Å²) in [4.78, 5) is 14.6. The number of H-pyrrole nitrogens is 1. The molecule has 4 heteroatoms. The van der Waals surface area contributed by atoms with Gasteiger partial charge in [0.1, 0.15) is 11.6 Å². The van der Waals surface area contributed by atoms with Crippen LogP contribution in [-0.2, 0) is 0 Å². The van der Waals surface area contributed by atoms with Crippen molar-refractivity contribution in [3.8, 4) is 16.9 Å². The number of halogens is 1. The van der Waals surface area contributed by atoms with E-state index in [-0.39, 0.29) is 22.2 Å². The minimum Gasteiger partial charge on any atom is -0.506 e. The summed E-state index contributed by atoms with van der Waals surface area (Å²) < 4.78 is 13.8. The predicted molar refractivity (Wildman–Crippen MR) is 71.6 cm³/mol. The van der Waals surface area contributed by atoms with Gasteiger partial charge in [0.25, 0.3) is 5.56 Å². The van der Waals surface area contributed by atoms with Gasteiger partial charge in [0.05, 0.1) is 16.5 Å². The van der Waals surface area contributed by atoms with Crippen LogP contribution in [0.2, 0.25) is 0 Å². The van der Waals surface area contributed by atoms with E-state index in [4.69, 9.17) is 0 Å². The molecule has 3 aromatic rings. The molecule has 1 heterocycles. The summed E-state index contributed by atoms with van der Waals surface area (Å²) in [5.74, 6) is -0.897. The summed E-state index contributed by atoms with van der Waals surface area (Å²) in [6.45, 7) is 0. The summed E-state index contributed by atoms with van der Waals surface area (Å²) in [5, 5.41) is 10.2. The van der Waals surface area contributed by atoms with Gasteiger partial charge in [-0.3, -0.25) is 4.79 Å². The van der Waals surface area contributed by atoms with Crippen LogP contribution in [0.15, 0.2) is 53.3 Å². The number of fused-ring (bicyclic) bond motifs is 1. The first-order valence-corrected chi connectivity index (χ1v) is 5.77. The molecule has 0 fully saturated rings. The molecule has 3 nitrogen and oxygen atoms in total. The Morgan fingerprint density at radius 2 is 1.74 bits per heavy atom. The fraction of sp³-hybridized carbons (Fsp3) is 0. The minimum atomic E-state index is -0.566. The standard InChI is InChI=1S/C15H10FNO2/c16-10-7-4-8-11-13(10)14(18)12(15(19)17-11)9-5-2-1-3-6-9/h1-8H,(H2,17,18,19). The molecule has 0 aliphatic rings. The van der Waals surface area contributed by atoms with E-state index in [2.05, 4.69) is 4.98 Å². The van der Waals surface area contributed by atoms with Crippen molar-refractivity contribution in [1.29, 1.82) is 0 Å². The molecule has 2 aromatic carbocycles. The number of hydrogen-bond donors (Lipinski definition) is 2. The number of pyridine rings is 1. The van der Waals surface area contributed by atoms with Crippen molar-refractivity contribution in [1.82, 2.24) is 4.98 Å². The normalized spacial score (nSPS) is 10.8. The number of rotatable bonds is 1. The molecule has 0 bridgehead atoms. The second kappa shape index (κ2) is 4.24. The van der Waals surface area contributed by atoms with Crippen LogP contribution >= 0.6 is 0 Å². The first-order chi connectivity index (χ1) is 9.18. The highest BCUT2D eigenvalue weighted by Crippen LogP contribution is 2.33. The molecule has 0 amide bonds. The molecule has 2 N–H and O–H groups in total. The van der Waals surface area contributed by atoms with Crippen molar-refractivity contribution in [3.05, 3.63) is 64.7 Å². The van der Waals surface area contributed by atoms with Gasteiger partial charge in [-0.2, -0.15) is 0 Å². The van der Waals surface area contributed by atoms with Crippen molar-refractivity contribution in [2.75, 3.05) is 0 Å². The summed E-state index contributed by atoms with van der Waals surface area (Å²) in [6, 6.07) is 13.0. The zero-order valence-electron chi connectivity index (χ0n) is 9.85. The fourth-order valence-corrected chi connectivity index (χ4v) is 2.16. The Balaban J connectivity index is 2.45. The Hall–Kier alpha value is -2.62. The maximum absolute atomic E-state index is 13.8. The summed E-state index contributed by atoms with van der Waals surface area (Å²) >= 11 is 0. The topological polar surface area (TPSA) is 53.1 Å². The van der Waals surface area contributed by atoms with Gasteiger partial charge < -0.3 is 10.1 Å². The van der Waals surface area contributed by atoms with E-state index in [1.165, 1.54) is 12.1 Å². The van der Waals surface area contributed by atoms with E-state index in [1.807, 2.05) is 0 Å². The molecule has 0 spiro atoms. The third kappa shape index (κ3) is 1.78. The molecule has 0 radical (unpaired) electrons. The number of aromatic nitrogens is 1. The third-order valence-electron chi connectivity index (χ3n) is 3.02. The first kappa shape index (κ1) is 11.5. The molecule has 0 saturated carbocycles. The monoisotopic (exact) mass is 255 g/mol. The molecule has 1 aromatic heterocycles. The first-order valence-electron chi connectivity index (χ1n) is 5.77. The van der Waals surface area contributed by atoms with Crippen LogP contribution in [0.5, 0.6) is 5.75 Å². The second-order valence-corrected chi connectivity index (χ2v) is 4.21. The molecule has 19 heavy (non-hydrogen) atoms. The lowest BCUT2D eigenvalue weighted by molar-refractivity contribution is 0.479. The van der Waals surface area contributed by atoms with Crippen LogP contribution in [0.1, 0.15) is 0 Å². The van der Waals surface area contributed by atoms with E-state index in [0.717, 1.165) is 0 Å². The highest BCUT2D eigenvalue weighted by atomic mass is 19.1. The predicted octanol–water partition coefficient (Wildman–Crippen LogP) is 3.04. The number of nitrogens with one attached hydrogen (secondary N) is 1. The van der Waals surface area contributed by atoms with Crippen LogP contribution in [0.3, 0.4) is 0 Å². The van der Waals surface area contributed by atoms with Crippen LogP contribution in [-0.4, -0.2) is 10.1 Å². The molecule has 0 atom stereocenters. The Morgan fingerprint density at radius 3 is 2.47 bits per heavy atom. The van der Waals surface area contributed by atoms with Crippen LogP contribution in [0.4, 0.5) is 4.39 Å². The molecule has 0 unspecified atom stereocenters. The van der Waals surface area contributed by atoms with Crippen molar-refractivity contribution >= 4 is 10.9 Å². The minimum absolute atomic E-state index is 0.0287. The number of benzene rings is 2. The quantitative estimate of drug-likeness (QED) is 0.702. The van der Waals surface area contributed by atoms with E-state index in [1.54, 1.807) is 36.4 Å². The zero-order valence-corrected chi connectivity index (χ0v) is 9.85. The van der Waals surface area contributed by atoms with Crippen molar-refractivity contribution in [2.24, 2.45) is 0 Å². The molecule has 0 aliphatic carbocycles. The Morgan fingerprint density at radius 1 is 1.00 bits per heavy atom. The molecule has 0 saturated heterocycles. The lowest BCUT2D eigenvalue weighted by atomic mass is 10.0. The number of aromatic hydroxyl groups is 1. The third-order valence-corrected chi connectivity index (χ3v) is 3.02. The Bertz CT molecular complexity index is 809. The van der Waals surface area contributed by atoms with Gasteiger partial charge in [0, 0.05) is 0 Å². The highest BCUT2D eigenvalue weighted by Gasteiger charge is 2.15. The molecule has 3 rings (SSSR count). The Labute approximate surface area is 108 Å². The van der Waals surface area contributed by atoms with Crippen molar-refractivity contribution < 1.29 is 9.50 Å². The van der Waals surface area contributed by atoms with Crippen molar-refractivity contribution in [2.45, 2.75) is 0 Å². The lowest BCUT2D eigenvalue weighted by Gasteiger charge is -2.08. The summed E-state index contributed by atoms with van der Waals surface area (Å²) in [5.41, 5.74) is 0.466. The molecule has 94 valence electrons. The number of hydrogen-bond acceptors (Lipinski definition) is 2. The van der Waals surface area contributed by atoms with E-state index >= 15 is 0 Å². The second-order valence-electron chi connectivity index (χ2n) is 4.21. The van der Waals surface area contributed by atoms with Gasteiger partial charge in [-0.05, 0) is 17.7 Å². The maximum atomic E-state index is 13.8. The van der Waals surface area contributed by atoms with Gasteiger partial charge in [-0.25, -0.2) is 4.39 Å². The van der Waals surface area contributed by atoms with Gasteiger partial charge in [-0.15, -0.1) is 0 Å². The highest BCUT2D eigenvalue weighted by molar-refractivity contribution is 5.92. The van der Waals surface area contributed by atoms with Crippen molar-refractivity contribution in [3.63, 3.8) is 0 Å². The van der Waals surface area contributed by atoms with Crippen LogP contribution in [0.25, 0.3) is 22.0 Å². The van der Waals surface area contributed by atoms with Gasteiger partial charge in [0.2, 0.25) is 0 Å². The van der Waals surface area contributed by atoms with Gasteiger partial charge in [0.15, 0.2) is 0 Å². The number of aromatic amines is 1. The summed E-state index contributed by atoms with van der Waals surface area (Å²) in [6.07, 6.45) is 0.